The summed E-state index contributed by atoms with van der Waals surface area (Å²) in [6, 6.07) is 5.12. The van der Waals surface area contributed by atoms with Gasteiger partial charge < -0.3 is 15.5 Å². The Morgan fingerprint density at radius 2 is 2.29 bits per heavy atom. The summed E-state index contributed by atoms with van der Waals surface area (Å²) in [5, 5.41) is 2.88. The van der Waals surface area contributed by atoms with Crippen LogP contribution in [0, 0.1) is 18.8 Å². The minimum absolute atomic E-state index is 0.222. The Morgan fingerprint density at radius 1 is 1.48 bits per heavy atom. The van der Waals surface area contributed by atoms with Gasteiger partial charge in [0, 0.05) is 12.4 Å². The van der Waals surface area contributed by atoms with E-state index < -0.39 is 0 Å². The number of hydrogen-bond donors (Lipinski definition) is 2. The first-order valence-corrected chi connectivity index (χ1v) is 6.62. The molecule has 0 aromatic carbocycles. The van der Waals surface area contributed by atoms with Crippen molar-refractivity contribution in [2.45, 2.75) is 19.9 Å². The Morgan fingerprint density at radius 3 is 2.95 bits per heavy atom. The smallest absolute Gasteiger partial charge is 0.253 e. The second-order valence-corrected chi connectivity index (χ2v) is 4.57. The van der Waals surface area contributed by atoms with Crippen molar-refractivity contribution in [3.63, 3.8) is 0 Å². The van der Waals surface area contributed by atoms with Crippen molar-refractivity contribution < 1.29 is 9.21 Å². The van der Waals surface area contributed by atoms with Crippen LogP contribution < -0.4 is 11.1 Å². The minimum atomic E-state index is -0.227. The summed E-state index contributed by atoms with van der Waals surface area (Å²) < 4.78 is 5.51. The molecule has 0 aliphatic heterocycles. The third-order valence-corrected chi connectivity index (χ3v) is 2.93. The fourth-order valence-electron chi connectivity index (χ4n) is 1.87. The number of carbonyl (C=O) groups excluding carboxylic acids is 1. The van der Waals surface area contributed by atoms with Crippen molar-refractivity contribution in [3.8, 4) is 11.8 Å². The number of rotatable bonds is 3. The van der Waals surface area contributed by atoms with Gasteiger partial charge in [-0.1, -0.05) is 11.8 Å². The zero-order valence-corrected chi connectivity index (χ0v) is 12.0. The van der Waals surface area contributed by atoms with Crippen LogP contribution in [0.2, 0.25) is 0 Å². The lowest BCUT2D eigenvalue weighted by molar-refractivity contribution is 0.0935. The third-order valence-electron chi connectivity index (χ3n) is 2.93. The molecule has 5 heteroatoms. The second kappa shape index (κ2) is 6.73. The predicted octanol–water partition coefficient (Wildman–Crippen LogP) is 1.78. The van der Waals surface area contributed by atoms with Gasteiger partial charge in [0.15, 0.2) is 0 Å². The molecule has 0 fully saturated rings. The highest BCUT2D eigenvalue weighted by molar-refractivity contribution is 5.96. The number of nitrogens with zero attached hydrogens (tertiary/aromatic N) is 1. The molecule has 2 aromatic heterocycles. The van der Waals surface area contributed by atoms with E-state index >= 15 is 0 Å². The molecule has 0 aliphatic rings. The van der Waals surface area contributed by atoms with Crippen LogP contribution in [-0.4, -0.2) is 17.4 Å². The third kappa shape index (κ3) is 3.71. The molecule has 0 saturated carbocycles. The molecule has 1 unspecified atom stereocenters. The fraction of sp³-hybridized carbons (Fsp3) is 0.250. The Kier molecular flexibility index (Phi) is 4.75. The van der Waals surface area contributed by atoms with Crippen LogP contribution in [0.3, 0.4) is 0 Å². The first-order valence-electron chi connectivity index (χ1n) is 6.62. The van der Waals surface area contributed by atoms with Crippen molar-refractivity contribution in [2.75, 3.05) is 6.54 Å². The Balaban J connectivity index is 2.17. The molecule has 0 spiro atoms. The molecule has 0 aliphatic carbocycles. The highest BCUT2D eigenvalue weighted by atomic mass is 16.3. The van der Waals surface area contributed by atoms with E-state index in [2.05, 4.69) is 22.1 Å². The number of aromatic nitrogens is 1. The van der Waals surface area contributed by atoms with Crippen LogP contribution in [0.5, 0.6) is 0 Å². The first kappa shape index (κ1) is 14.8. The SMILES string of the molecule is Cc1ccc(C(C)NC(=O)c2ccncc2C#CCN)o1. The van der Waals surface area contributed by atoms with Crippen LogP contribution in [-0.2, 0) is 0 Å². The van der Waals surface area contributed by atoms with Crippen molar-refractivity contribution in [3.05, 3.63) is 53.2 Å². The Bertz CT molecular complexity index is 695. The Labute approximate surface area is 123 Å². The highest BCUT2D eigenvalue weighted by Gasteiger charge is 2.16. The van der Waals surface area contributed by atoms with Gasteiger partial charge >= 0.3 is 0 Å². The van der Waals surface area contributed by atoms with Gasteiger partial charge in [-0.3, -0.25) is 9.78 Å². The molecule has 2 aromatic rings. The number of aryl methyl sites for hydroxylation is 1. The summed E-state index contributed by atoms with van der Waals surface area (Å²) >= 11 is 0. The number of amides is 1. The number of pyridine rings is 1. The average Bonchev–Trinajstić information content (AvgIpc) is 2.92. The monoisotopic (exact) mass is 283 g/mol. The zero-order valence-electron chi connectivity index (χ0n) is 12.0. The van der Waals surface area contributed by atoms with Crippen LogP contribution in [0.1, 0.15) is 40.4 Å². The number of carbonyl (C=O) groups is 1. The quantitative estimate of drug-likeness (QED) is 0.841. The van der Waals surface area contributed by atoms with E-state index in [0.717, 1.165) is 5.76 Å². The molecule has 2 rings (SSSR count). The van der Waals surface area contributed by atoms with Crippen molar-refractivity contribution >= 4 is 5.91 Å². The minimum Gasteiger partial charge on any atom is -0.464 e. The second-order valence-electron chi connectivity index (χ2n) is 4.57. The predicted molar refractivity (Wildman–Crippen MR) is 79.5 cm³/mol. The van der Waals surface area contributed by atoms with Crippen molar-refractivity contribution in [1.29, 1.82) is 0 Å². The zero-order chi connectivity index (χ0) is 15.2. The molecule has 0 radical (unpaired) electrons. The molecule has 1 amide bonds. The summed E-state index contributed by atoms with van der Waals surface area (Å²) in [6.45, 7) is 3.96. The maximum absolute atomic E-state index is 12.3. The van der Waals surface area contributed by atoms with E-state index in [1.54, 1.807) is 18.5 Å². The van der Waals surface area contributed by atoms with E-state index in [-0.39, 0.29) is 18.5 Å². The summed E-state index contributed by atoms with van der Waals surface area (Å²) in [4.78, 5) is 16.3. The molecule has 108 valence electrons. The van der Waals surface area contributed by atoms with E-state index in [1.165, 1.54) is 0 Å². The lowest BCUT2D eigenvalue weighted by Crippen LogP contribution is -2.27. The van der Waals surface area contributed by atoms with E-state index in [9.17, 15) is 4.79 Å². The van der Waals surface area contributed by atoms with Crippen LogP contribution in [0.15, 0.2) is 35.0 Å². The van der Waals surface area contributed by atoms with Crippen molar-refractivity contribution in [2.24, 2.45) is 5.73 Å². The largest absolute Gasteiger partial charge is 0.464 e. The molecule has 21 heavy (non-hydrogen) atoms. The Hall–Kier alpha value is -2.58. The van der Waals surface area contributed by atoms with Crippen LogP contribution >= 0.6 is 0 Å². The van der Waals surface area contributed by atoms with Gasteiger partial charge in [0.05, 0.1) is 23.7 Å². The van der Waals surface area contributed by atoms with Gasteiger partial charge in [-0.2, -0.15) is 0 Å². The van der Waals surface area contributed by atoms with E-state index in [4.69, 9.17) is 10.2 Å². The maximum Gasteiger partial charge on any atom is 0.253 e. The summed E-state index contributed by atoms with van der Waals surface area (Å²) in [7, 11) is 0. The van der Waals surface area contributed by atoms with Crippen molar-refractivity contribution in [1.82, 2.24) is 10.3 Å². The van der Waals surface area contributed by atoms with Gasteiger partial charge in [-0.05, 0) is 32.0 Å². The fourth-order valence-corrected chi connectivity index (χ4v) is 1.87. The van der Waals surface area contributed by atoms with Gasteiger partial charge in [-0.25, -0.2) is 0 Å². The molecular formula is C16H17N3O2. The lowest BCUT2D eigenvalue weighted by Gasteiger charge is -2.12. The number of nitrogens with two attached hydrogens (primary N) is 1. The first-order chi connectivity index (χ1) is 10.1. The highest BCUT2D eigenvalue weighted by Crippen LogP contribution is 2.16. The maximum atomic E-state index is 12.3. The molecule has 0 bridgehead atoms. The van der Waals surface area contributed by atoms with Gasteiger partial charge in [-0.15, -0.1) is 0 Å². The standard InChI is InChI=1S/C16H17N3O2/c1-11-5-6-15(21-11)12(2)19-16(20)14-7-9-18-10-13(14)4-3-8-17/h5-7,9-10,12H,8,17H2,1-2H3,(H,19,20). The number of hydrogen-bond acceptors (Lipinski definition) is 4. The summed E-state index contributed by atoms with van der Waals surface area (Å²) in [5.74, 6) is 6.88. The summed E-state index contributed by atoms with van der Waals surface area (Å²) in [6.07, 6.45) is 3.11. The van der Waals surface area contributed by atoms with Gasteiger partial charge in [0.1, 0.15) is 11.5 Å². The average molecular weight is 283 g/mol. The molecule has 0 saturated heterocycles. The topological polar surface area (TPSA) is 81.2 Å². The molecule has 3 N–H and O–H groups in total. The normalized spacial score (nSPS) is 11.4. The molecule has 1 atom stereocenters. The lowest BCUT2D eigenvalue weighted by atomic mass is 10.1. The number of furan rings is 1. The van der Waals surface area contributed by atoms with Gasteiger partial charge in [0.25, 0.3) is 5.91 Å². The van der Waals surface area contributed by atoms with E-state index in [1.807, 2.05) is 26.0 Å². The van der Waals surface area contributed by atoms with Crippen LogP contribution in [0.4, 0.5) is 0 Å². The van der Waals surface area contributed by atoms with E-state index in [0.29, 0.717) is 16.9 Å². The van der Waals surface area contributed by atoms with Gasteiger partial charge in [0.2, 0.25) is 0 Å². The molecule has 2 heterocycles. The molecular weight excluding hydrogens is 266 g/mol. The summed E-state index contributed by atoms with van der Waals surface area (Å²) in [5.41, 5.74) is 6.39. The number of nitrogens with one attached hydrogen (secondary N) is 1. The van der Waals surface area contributed by atoms with Crippen LogP contribution in [0.25, 0.3) is 0 Å². The molecule has 5 nitrogen and oxygen atoms in total.